The molecule has 0 fully saturated rings. The van der Waals surface area contributed by atoms with Gasteiger partial charge in [0.15, 0.2) is 11.5 Å². The van der Waals surface area contributed by atoms with Gasteiger partial charge in [-0.2, -0.15) is 0 Å². The van der Waals surface area contributed by atoms with E-state index in [1.165, 1.54) is 6.92 Å². The summed E-state index contributed by atoms with van der Waals surface area (Å²) >= 11 is 0. The van der Waals surface area contributed by atoms with Crippen LogP contribution in [0.25, 0.3) is 0 Å². The molecule has 0 aromatic heterocycles. The SMILES string of the molecule is CC(=O)N(CCC(=O)NCC(C)C)Cc1ccc2c(c1)OCO2. The molecular formula is C17H24N2O4. The Hall–Kier alpha value is -2.24. The summed E-state index contributed by atoms with van der Waals surface area (Å²) in [7, 11) is 0. The van der Waals surface area contributed by atoms with Crippen molar-refractivity contribution in [1.82, 2.24) is 10.2 Å². The second-order valence-corrected chi connectivity index (χ2v) is 6.08. The fraction of sp³-hybridized carbons (Fsp3) is 0.529. The Kier molecular flexibility index (Phi) is 5.84. The van der Waals surface area contributed by atoms with Crippen LogP contribution in [0.5, 0.6) is 11.5 Å². The Balaban J connectivity index is 1.89. The number of carbonyl (C=O) groups is 2. The molecule has 0 saturated carbocycles. The Bertz CT molecular complexity index is 572. The lowest BCUT2D eigenvalue weighted by molar-refractivity contribution is -0.130. The predicted molar refractivity (Wildman–Crippen MR) is 86.1 cm³/mol. The van der Waals surface area contributed by atoms with Gasteiger partial charge < -0.3 is 19.7 Å². The van der Waals surface area contributed by atoms with Crippen molar-refractivity contribution in [3.63, 3.8) is 0 Å². The number of hydrogen-bond acceptors (Lipinski definition) is 4. The highest BCUT2D eigenvalue weighted by atomic mass is 16.7. The van der Waals surface area contributed by atoms with Crippen molar-refractivity contribution in [3.8, 4) is 11.5 Å². The van der Waals surface area contributed by atoms with Crippen LogP contribution in [-0.2, 0) is 16.1 Å². The standard InChI is InChI=1S/C17H24N2O4/c1-12(2)9-18-17(21)6-7-19(13(3)20)10-14-4-5-15-16(8-14)23-11-22-15/h4-5,8,12H,6-7,9-11H2,1-3H3,(H,18,21). The maximum atomic E-state index is 11.8. The lowest BCUT2D eigenvalue weighted by atomic mass is 10.2. The second kappa shape index (κ2) is 7.85. The summed E-state index contributed by atoms with van der Waals surface area (Å²) in [6.45, 7) is 7.33. The van der Waals surface area contributed by atoms with Gasteiger partial charge in [0.25, 0.3) is 0 Å². The summed E-state index contributed by atoms with van der Waals surface area (Å²) < 4.78 is 10.6. The third kappa shape index (κ3) is 5.16. The van der Waals surface area contributed by atoms with Crippen molar-refractivity contribution in [2.45, 2.75) is 33.7 Å². The zero-order valence-electron chi connectivity index (χ0n) is 13.9. The van der Waals surface area contributed by atoms with Crippen molar-refractivity contribution < 1.29 is 19.1 Å². The van der Waals surface area contributed by atoms with Crippen molar-refractivity contribution in [1.29, 1.82) is 0 Å². The van der Waals surface area contributed by atoms with E-state index in [2.05, 4.69) is 5.32 Å². The van der Waals surface area contributed by atoms with Crippen LogP contribution in [0.15, 0.2) is 18.2 Å². The number of amides is 2. The first kappa shape index (κ1) is 17.1. The van der Waals surface area contributed by atoms with Gasteiger partial charge in [-0.25, -0.2) is 0 Å². The van der Waals surface area contributed by atoms with Gasteiger partial charge in [0.2, 0.25) is 18.6 Å². The summed E-state index contributed by atoms with van der Waals surface area (Å²) in [5.41, 5.74) is 0.951. The molecular weight excluding hydrogens is 296 g/mol. The Morgan fingerprint density at radius 1 is 1.26 bits per heavy atom. The zero-order valence-corrected chi connectivity index (χ0v) is 13.9. The number of nitrogens with one attached hydrogen (secondary N) is 1. The monoisotopic (exact) mass is 320 g/mol. The lowest BCUT2D eigenvalue weighted by Gasteiger charge is -2.21. The zero-order chi connectivity index (χ0) is 16.8. The Morgan fingerprint density at radius 3 is 2.70 bits per heavy atom. The van der Waals surface area contributed by atoms with Gasteiger partial charge in [0.05, 0.1) is 0 Å². The highest BCUT2D eigenvalue weighted by molar-refractivity contribution is 5.78. The topological polar surface area (TPSA) is 67.9 Å². The van der Waals surface area contributed by atoms with Crippen molar-refractivity contribution in [2.75, 3.05) is 19.9 Å². The molecule has 1 aliphatic heterocycles. The second-order valence-electron chi connectivity index (χ2n) is 6.08. The summed E-state index contributed by atoms with van der Waals surface area (Å²) in [6.07, 6.45) is 0.302. The van der Waals surface area contributed by atoms with E-state index in [-0.39, 0.29) is 18.6 Å². The number of benzene rings is 1. The predicted octanol–water partition coefficient (Wildman–Crippen LogP) is 1.93. The third-order valence-electron chi connectivity index (χ3n) is 3.57. The molecule has 6 nitrogen and oxygen atoms in total. The minimum Gasteiger partial charge on any atom is -0.454 e. The van der Waals surface area contributed by atoms with Gasteiger partial charge in [0.1, 0.15) is 0 Å². The summed E-state index contributed by atoms with van der Waals surface area (Å²) in [6, 6.07) is 5.62. The molecule has 0 bridgehead atoms. The number of nitrogens with zero attached hydrogens (tertiary/aromatic N) is 1. The largest absolute Gasteiger partial charge is 0.454 e. The van der Waals surface area contributed by atoms with E-state index in [9.17, 15) is 9.59 Å². The van der Waals surface area contributed by atoms with Crippen LogP contribution in [0.4, 0.5) is 0 Å². The molecule has 0 saturated heterocycles. The van der Waals surface area contributed by atoms with Crippen molar-refractivity contribution in [3.05, 3.63) is 23.8 Å². The normalized spacial score (nSPS) is 12.3. The Labute approximate surface area is 136 Å². The first-order valence-corrected chi connectivity index (χ1v) is 7.86. The van der Waals surface area contributed by atoms with Crippen LogP contribution >= 0.6 is 0 Å². The molecule has 1 N–H and O–H groups in total. The number of carbonyl (C=O) groups excluding carboxylic acids is 2. The first-order valence-electron chi connectivity index (χ1n) is 7.86. The van der Waals surface area contributed by atoms with E-state index >= 15 is 0 Å². The minimum absolute atomic E-state index is 0.0318. The minimum atomic E-state index is -0.0562. The van der Waals surface area contributed by atoms with Crippen LogP contribution in [0.3, 0.4) is 0 Å². The average molecular weight is 320 g/mol. The lowest BCUT2D eigenvalue weighted by Crippen LogP contribution is -2.34. The highest BCUT2D eigenvalue weighted by Gasteiger charge is 2.16. The average Bonchev–Trinajstić information content (AvgIpc) is 2.96. The summed E-state index contributed by atoms with van der Waals surface area (Å²) in [5.74, 6) is 1.74. The molecule has 23 heavy (non-hydrogen) atoms. The molecule has 0 aliphatic carbocycles. The third-order valence-corrected chi connectivity index (χ3v) is 3.57. The number of rotatable bonds is 7. The molecule has 2 amide bonds. The van der Waals surface area contributed by atoms with Crippen LogP contribution in [0.2, 0.25) is 0 Å². The van der Waals surface area contributed by atoms with Gasteiger partial charge in [-0.05, 0) is 23.6 Å². The van der Waals surface area contributed by atoms with Gasteiger partial charge >= 0.3 is 0 Å². The molecule has 6 heteroatoms. The van der Waals surface area contributed by atoms with Gasteiger partial charge in [-0.3, -0.25) is 9.59 Å². The number of fused-ring (bicyclic) bond motifs is 1. The molecule has 1 aromatic carbocycles. The van der Waals surface area contributed by atoms with Crippen molar-refractivity contribution >= 4 is 11.8 Å². The summed E-state index contributed by atoms with van der Waals surface area (Å²) in [4.78, 5) is 25.3. The van der Waals surface area contributed by atoms with E-state index in [0.29, 0.717) is 37.7 Å². The first-order chi connectivity index (χ1) is 11.0. The van der Waals surface area contributed by atoms with Crippen LogP contribution in [-0.4, -0.2) is 36.6 Å². The number of ether oxygens (including phenoxy) is 2. The Morgan fingerprint density at radius 2 is 2.00 bits per heavy atom. The van der Waals surface area contributed by atoms with E-state index in [1.54, 1.807) is 4.90 Å². The van der Waals surface area contributed by atoms with E-state index in [1.807, 2.05) is 32.0 Å². The maximum absolute atomic E-state index is 11.8. The van der Waals surface area contributed by atoms with Crippen molar-refractivity contribution in [2.24, 2.45) is 5.92 Å². The quantitative estimate of drug-likeness (QED) is 0.833. The maximum Gasteiger partial charge on any atom is 0.231 e. The molecule has 126 valence electrons. The van der Waals surface area contributed by atoms with Gasteiger partial charge in [0, 0.05) is 33.0 Å². The van der Waals surface area contributed by atoms with E-state index < -0.39 is 0 Å². The van der Waals surface area contributed by atoms with Crippen LogP contribution in [0, 0.1) is 5.92 Å². The molecule has 2 rings (SSSR count). The van der Waals surface area contributed by atoms with E-state index in [4.69, 9.17) is 9.47 Å². The molecule has 1 aromatic rings. The van der Waals surface area contributed by atoms with Crippen LogP contribution in [0.1, 0.15) is 32.8 Å². The van der Waals surface area contributed by atoms with Gasteiger partial charge in [-0.15, -0.1) is 0 Å². The van der Waals surface area contributed by atoms with Crippen LogP contribution < -0.4 is 14.8 Å². The molecule has 0 atom stereocenters. The van der Waals surface area contributed by atoms with Gasteiger partial charge in [-0.1, -0.05) is 19.9 Å². The number of hydrogen-bond donors (Lipinski definition) is 1. The fourth-order valence-corrected chi connectivity index (χ4v) is 2.25. The molecule has 0 unspecified atom stereocenters. The fourth-order valence-electron chi connectivity index (χ4n) is 2.25. The molecule has 1 heterocycles. The molecule has 1 aliphatic rings. The summed E-state index contributed by atoms with van der Waals surface area (Å²) in [5, 5.41) is 2.86. The van der Waals surface area contributed by atoms with E-state index in [0.717, 1.165) is 11.3 Å². The molecule has 0 radical (unpaired) electrons. The smallest absolute Gasteiger partial charge is 0.231 e. The highest BCUT2D eigenvalue weighted by Crippen LogP contribution is 2.32. The molecule has 0 spiro atoms.